The average molecular weight is 317 g/mol. The Balaban J connectivity index is 2.79. The molecule has 0 aliphatic carbocycles. The lowest BCUT2D eigenvalue weighted by Crippen LogP contribution is -2.02. The number of rotatable bonds is 8. The van der Waals surface area contributed by atoms with Crippen molar-refractivity contribution in [3.05, 3.63) is 22.2 Å². The van der Waals surface area contributed by atoms with Crippen molar-refractivity contribution in [1.82, 2.24) is 0 Å². The van der Waals surface area contributed by atoms with Crippen LogP contribution in [0, 0.1) is 0 Å². The largest absolute Gasteiger partial charge is 0.490 e. The van der Waals surface area contributed by atoms with Crippen LogP contribution in [-0.4, -0.2) is 18.3 Å². The summed E-state index contributed by atoms with van der Waals surface area (Å²) in [5.74, 6) is 1.41. The first-order valence-corrected chi connectivity index (χ1v) is 7.21. The molecule has 0 bridgehead atoms. The molecule has 1 aromatic carbocycles. The summed E-state index contributed by atoms with van der Waals surface area (Å²) in [6, 6.07) is 3.68. The van der Waals surface area contributed by atoms with E-state index < -0.39 is 0 Å². The zero-order valence-electron chi connectivity index (χ0n) is 11.0. The fourth-order valence-corrected chi connectivity index (χ4v) is 2.25. The lowest BCUT2D eigenvalue weighted by Gasteiger charge is -2.14. The van der Waals surface area contributed by atoms with Crippen molar-refractivity contribution >= 4 is 15.9 Å². The van der Waals surface area contributed by atoms with E-state index in [0.29, 0.717) is 19.0 Å². The molecule has 0 aliphatic heterocycles. The van der Waals surface area contributed by atoms with Crippen molar-refractivity contribution in [2.75, 3.05) is 13.2 Å². The minimum absolute atomic E-state index is 0.00517. The maximum atomic E-state index is 9.17. The van der Waals surface area contributed by atoms with Gasteiger partial charge in [-0.05, 0) is 47.0 Å². The maximum absolute atomic E-state index is 9.17. The Bertz CT molecular complexity index is 366. The van der Waals surface area contributed by atoms with Gasteiger partial charge in [-0.1, -0.05) is 19.8 Å². The van der Waals surface area contributed by atoms with Crippen molar-refractivity contribution in [3.63, 3.8) is 0 Å². The first-order chi connectivity index (χ1) is 8.72. The van der Waals surface area contributed by atoms with E-state index in [1.54, 1.807) is 0 Å². The molecule has 18 heavy (non-hydrogen) atoms. The fourth-order valence-electron chi connectivity index (χ4n) is 1.64. The first kappa shape index (κ1) is 15.3. The van der Waals surface area contributed by atoms with E-state index in [4.69, 9.17) is 9.47 Å². The van der Waals surface area contributed by atoms with Crippen LogP contribution in [0.1, 0.15) is 38.7 Å². The van der Waals surface area contributed by atoms with Crippen molar-refractivity contribution in [3.8, 4) is 11.5 Å². The molecule has 1 rings (SSSR count). The average Bonchev–Trinajstić information content (AvgIpc) is 2.37. The summed E-state index contributed by atoms with van der Waals surface area (Å²) in [7, 11) is 0. The summed E-state index contributed by atoms with van der Waals surface area (Å²) in [6.45, 7) is 5.35. The van der Waals surface area contributed by atoms with E-state index in [0.717, 1.165) is 28.6 Å². The van der Waals surface area contributed by atoms with Gasteiger partial charge in [0, 0.05) is 0 Å². The number of ether oxygens (including phenoxy) is 2. The highest BCUT2D eigenvalue weighted by Crippen LogP contribution is 2.37. The van der Waals surface area contributed by atoms with Crippen LogP contribution in [0.5, 0.6) is 11.5 Å². The van der Waals surface area contributed by atoms with Gasteiger partial charge >= 0.3 is 0 Å². The lowest BCUT2D eigenvalue weighted by molar-refractivity contribution is 0.264. The third-order valence-electron chi connectivity index (χ3n) is 2.55. The predicted molar refractivity (Wildman–Crippen MR) is 76.3 cm³/mol. The van der Waals surface area contributed by atoms with Crippen LogP contribution in [0.4, 0.5) is 0 Å². The van der Waals surface area contributed by atoms with Gasteiger partial charge in [0.2, 0.25) is 0 Å². The SMILES string of the molecule is CCCCCOc1c(Br)cc(CO)cc1OCC. The zero-order chi connectivity index (χ0) is 13.4. The van der Waals surface area contributed by atoms with Crippen LogP contribution in [0.15, 0.2) is 16.6 Å². The Labute approximate surface area is 117 Å². The van der Waals surface area contributed by atoms with Gasteiger partial charge in [0.25, 0.3) is 0 Å². The summed E-state index contributed by atoms with van der Waals surface area (Å²) in [5.41, 5.74) is 0.811. The van der Waals surface area contributed by atoms with E-state index >= 15 is 0 Å². The van der Waals surface area contributed by atoms with Gasteiger partial charge in [-0.25, -0.2) is 0 Å². The molecule has 1 aromatic rings. The zero-order valence-corrected chi connectivity index (χ0v) is 12.6. The first-order valence-electron chi connectivity index (χ1n) is 6.41. The topological polar surface area (TPSA) is 38.7 Å². The number of halogens is 1. The Kier molecular flexibility index (Phi) is 7.13. The Hall–Kier alpha value is -0.740. The number of hydrogen-bond donors (Lipinski definition) is 1. The third kappa shape index (κ3) is 4.50. The summed E-state index contributed by atoms with van der Waals surface area (Å²) in [6.07, 6.45) is 3.37. The number of benzene rings is 1. The Morgan fingerprint density at radius 2 is 1.94 bits per heavy atom. The van der Waals surface area contributed by atoms with Gasteiger partial charge in [-0.2, -0.15) is 0 Å². The molecule has 0 saturated carbocycles. The molecule has 0 aliphatic rings. The second-order valence-corrected chi connectivity index (χ2v) is 4.91. The van der Waals surface area contributed by atoms with Crippen molar-refractivity contribution < 1.29 is 14.6 Å². The van der Waals surface area contributed by atoms with E-state index in [2.05, 4.69) is 22.9 Å². The molecule has 1 N–H and O–H groups in total. The van der Waals surface area contributed by atoms with Crippen LogP contribution in [0.3, 0.4) is 0 Å². The Morgan fingerprint density at radius 3 is 2.56 bits per heavy atom. The number of aliphatic hydroxyl groups excluding tert-OH is 1. The molecule has 0 fully saturated rings. The standard InChI is InChI=1S/C14H21BrO3/c1-3-5-6-7-18-14-12(15)8-11(10-16)9-13(14)17-4-2/h8-9,16H,3-7,10H2,1-2H3. The van der Waals surface area contributed by atoms with Crippen molar-refractivity contribution in [1.29, 1.82) is 0 Å². The van der Waals surface area contributed by atoms with Gasteiger partial charge in [0.1, 0.15) is 0 Å². The van der Waals surface area contributed by atoms with Gasteiger partial charge in [-0.3, -0.25) is 0 Å². The predicted octanol–water partition coefficient (Wildman–Crippen LogP) is 3.91. The summed E-state index contributed by atoms with van der Waals surface area (Å²) < 4.78 is 12.1. The lowest BCUT2D eigenvalue weighted by atomic mass is 10.2. The molecule has 0 unspecified atom stereocenters. The second-order valence-electron chi connectivity index (χ2n) is 4.05. The van der Waals surface area contributed by atoms with Crippen molar-refractivity contribution in [2.45, 2.75) is 39.7 Å². The summed E-state index contributed by atoms with van der Waals surface area (Å²) >= 11 is 3.46. The normalized spacial score (nSPS) is 10.4. The highest BCUT2D eigenvalue weighted by Gasteiger charge is 2.11. The highest BCUT2D eigenvalue weighted by atomic mass is 79.9. The molecule has 0 spiro atoms. The quantitative estimate of drug-likeness (QED) is 0.739. The number of hydrogen-bond acceptors (Lipinski definition) is 3. The van der Waals surface area contributed by atoms with Gasteiger partial charge < -0.3 is 14.6 Å². The molecular formula is C14H21BrO3. The minimum atomic E-state index is -0.00517. The van der Waals surface area contributed by atoms with Crippen molar-refractivity contribution in [2.24, 2.45) is 0 Å². The number of unbranched alkanes of at least 4 members (excludes halogenated alkanes) is 2. The van der Waals surface area contributed by atoms with E-state index in [1.165, 1.54) is 6.42 Å². The highest BCUT2D eigenvalue weighted by molar-refractivity contribution is 9.10. The molecule has 0 saturated heterocycles. The molecule has 0 amide bonds. The van der Waals surface area contributed by atoms with Crippen LogP contribution in [0.25, 0.3) is 0 Å². The van der Waals surface area contributed by atoms with Gasteiger partial charge in [-0.15, -0.1) is 0 Å². The second kappa shape index (κ2) is 8.38. The minimum Gasteiger partial charge on any atom is -0.490 e. The molecule has 3 nitrogen and oxygen atoms in total. The van der Waals surface area contributed by atoms with Crippen LogP contribution < -0.4 is 9.47 Å². The molecule has 102 valence electrons. The fraction of sp³-hybridized carbons (Fsp3) is 0.571. The summed E-state index contributed by atoms with van der Waals surface area (Å²) in [5, 5.41) is 9.17. The van der Waals surface area contributed by atoms with E-state index in [9.17, 15) is 5.11 Å². The van der Waals surface area contributed by atoms with E-state index in [1.807, 2.05) is 19.1 Å². The molecule has 0 radical (unpaired) electrons. The Morgan fingerprint density at radius 1 is 1.17 bits per heavy atom. The third-order valence-corrected chi connectivity index (χ3v) is 3.14. The smallest absolute Gasteiger partial charge is 0.175 e. The van der Waals surface area contributed by atoms with Gasteiger partial charge in [0.15, 0.2) is 11.5 Å². The van der Waals surface area contributed by atoms with Gasteiger partial charge in [0.05, 0.1) is 24.3 Å². The van der Waals surface area contributed by atoms with Crippen LogP contribution in [-0.2, 0) is 6.61 Å². The monoisotopic (exact) mass is 316 g/mol. The molecule has 0 heterocycles. The van der Waals surface area contributed by atoms with E-state index in [-0.39, 0.29) is 6.61 Å². The van der Waals surface area contributed by atoms with Crippen LogP contribution in [0.2, 0.25) is 0 Å². The maximum Gasteiger partial charge on any atom is 0.175 e. The molecule has 0 aromatic heterocycles. The van der Waals surface area contributed by atoms with Crippen LogP contribution >= 0.6 is 15.9 Å². The molecule has 0 atom stereocenters. The molecule has 4 heteroatoms. The number of aliphatic hydroxyl groups is 1. The summed E-state index contributed by atoms with van der Waals surface area (Å²) in [4.78, 5) is 0. The molecular weight excluding hydrogens is 296 g/mol.